The first-order valence-electron chi connectivity index (χ1n) is 9.82. The Morgan fingerprint density at radius 3 is 2.73 bits per heavy atom. The Labute approximate surface area is 180 Å². The molecule has 162 valence electrons. The minimum atomic E-state index is -1.05. The largest absolute Gasteiger partial charge is 0.496 e. The molecule has 2 aliphatic heterocycles. The maximum absolute atomic E-state index is 12.6. The van der Waals surface area contributed by atoms with Crippen molar-refractivity contribution in [3.8, 4) is 5.75 Å². The van der Waals surface area contributed by atoms with E-state index in [1.54, 1.807) is 19.2 Å². The van der Waals surface area contributed by atoms with Crippen LogP contribution in [0.4, 0.5) is 5.69 Å². The van der Waals surface area contributed by atoms with Crippen LogP contribution in [0.2, 0.25) is 0 Å². The third-order valence-corrected chi connectivity index (χ3v) is 5.90. The predicted molar refractivity (Wildman–Crippen MR) is 115 cm³/mol. The average Bonchev–Trinajstić information content (AvgIpc) is 3.14. The van der Waals surface area contributed by atoms with Gasteiger partial charge in [-0.1, -0.05) is 18.5 Å². The summed E-state index contributed by atoms with van der Waals surface area (Å²) in [6.07, 6.45) is 1.63. The number of aliphatic imine (C=N–C) groups is 1. The van der Waals surface area contributed by atoms with Gasteiger partial charge >= 0.3 is 5.97 Å². The molecule has 0 aliphatic carbocycles. The number of piperidine rings is 1. The first kappa shape index (κ1) is 22.1. The van der Waals surface area contributed by atoms with Crippen LogP contribution in [0.3, 0.4) is 0 Å². The molecule has 3 rings (SSSR count). The molecule has 0 radical (unpaired) electrons. The molecule has 1 aromatic rings. The second-order valence-electron chi connectivity index (χ2n) is 7.26. The van der Waals surface area contributed by atoms with Crippen LogP contribution in [0.5, 0.6) is 5.75 Å². The summed E-state index contributed by atoms with van der Waals surface area (Å²) in [4.78, 5) is 30.4. The minimum absolute atomic E-state index is 0.106. The molecule has 8 nitrogen and oxygen atoms in total. The zero-order valence-corrected chi connectivity index (χ0v) is 18.0. The van der Waals surface area contributed by atoms with E-state index in [1.807, 2.05) is 17.9 Å². The van der Waals surface area contributed by atoms with Crippen molar-refractivity contribution in [1.29, 1.82) is 0 Å². The number of ether oxygens (including phenoxy) is 2. The number of halogens is 1. The van der Waals surface area contributed by atoms with Gasteiger partial charge in [-0.2, -0.15) is 0 Å². The summed E-state index contributed by atoms with van der Waals surface area (Å²) >= 11 is 6.09. The van der Waals surface area contributed by atoms with Crippen molar-refractivity contribution in [2.45, 2.75) is 38.3 Å². The van der Waals surface area contributed by atoms with Gasteiger partial charge < -0.3 is 24.8 Å². The highest BCUT2D eigenvalue weighted by Gasteiger charge is 2.33. The molecule has 1 saturated heterocycles. The Kier molecular flexibility index (Phi) is 6.99. The maximum atomic E-state index is 12.6. The lowest BCUT2D eigenvalue weighted by Crippen LogP contribution is -2.56. The number of nitrogens with zero attached hydrogens (tertiary/aromatic N) is 2. The molecule has 1 unspecified atom stereocenters. The van der Waals surface area contributed by atoms with Crippen LogP contribution in [0.1, 0.15) is 36.5 Å². The molecule has 2 atom stereocenters. The van der Waals surface area contributed by atoms with Gasteiger partial charge in [0.2, 0.25) is 0 Å². The molecule has 0 bridgehead atoms. The molecule has 2 N–H and O–H groups in total. The van der Waals surface area contributed by atoms with E-state index in [9.17, 15) is 14.7 Å². The van der Waals surface area contributed by atoms with Gasteiger partial charge in [0.05, 0.1) is 19.3 Å². The average molecular weight is 436 g/mol. The number of carboxylic acids is 1. The van der Waals surface area contributed by atoms with Crippen LogP contribution >= 0.6 is 11.6 Å². The molecular formula is C21H26ClN3O5. The fourth-order valence-electron chi connectivity index (χ4n) is 3.78. The number of rotatable bonds is 7. The molecule has 1 amide bonds. The summed E-state index contributed by atoms with van der Waals surface area (Å²) in [5.41, 5.74) is 2.27. The fourth-order valence-corrected chi connectivity index (χ4v) is 4.08. The quantitative estimate of drug-likeness (QED) is 0.639. The number of carbonyl (C=O) groups excluding carboxylic acids is 1. The summed E-state index contributed by atoms with van der Waals surface area (Å²) in [5.74, 6) is -0.961. The Morgan fingerprint density at radius 1 is 1.37 bits per heavy atom. The molecule has 0 aromatic heterocycles. The summed E-state index contributed by atoms with van der Waals surface area (Å²) < 4.78 is 10.8. The molecule has 2 heterocycles. The first-order valence-corrected chi connectivity index (χ1v) is 10.2. The standard InChI is InChI=1S/C21H26ClN3O5/c1-4-12-9-16(23-19(12)22)20(26)24-15-7-8-25(11-18(15)30-3)13-5-6-17(29-2)14(10-13)21(27)28/h5-6,10,15,18H,4,7-9,11H2,1-3H3,(H,24,26)(H,27,28)/t15?,18-/m0/s1. The smallest absolute Gasteiger partial charge is 0.339 e. The van der Waals surface area contributed by atoms with Gasteiger partial charge in [-0.3, -0.25) is 4.79 Å². The van der Waals surface area contributed by atoms with E-state index in [2.05, 4.69) is 10.3 Å². The fraction of sp³-hybridized carbons (Fsp3) is 0.476. The van der Waals surface area contributed by atoms with Crippen LogP contribution in [-0.2, 0) is 9.53 Å². The van der Waals surface area contributed by atoms with Crippen molar-refractivity contribution >= 4 is 34.9 Å². The summed E-state index contributed by atoms with van der Waals surface area (Å²) in [5, 5.41) is 12.9. The van der Waals surface area contributed by atoms with Crippen LogP contribution in [0, 0.1) is 0 Å². The number of amides is 1. The number of carbonyl (C=O) groups is 2. The molecule has 1 fully saturated rings. The Hall–Kier alpha value is -2.58. The SMILES string of the molecule is CCC1=C(Cl)N=C(C(=O)NC2CCN(c3ccc(OC)c(C(=O)O)c3)C[C@@H]2OC)C1. The van der Waals surface area contributed by atoms with Crippen LogP contribution < -0.4 is 15.0 Å². The first-order chi connectivity index (χ1) is 14.4. The second-order valence-corrected chi connectivity index (χ2v) is 7.62. The Morgan fingerprint density at radius 2 is 2.13 bits per heavy atom. The van der Waals surface area contributed by atoms with E-state index in [-0.39, 0.29) is 23.6 Å². The number of allylic oxidation sites excluding steroid dienone is 1. The van der Waals surface area contributed by atoms with Crippen molar-refractivity contribution in [2.24, 2.45) is 4.99 Å². The summed E-state index contributed by atoms with van der Waals surface area (Å²) in [7, 11) is 3.04. The zero-order chi connectivity index (χ0) is 21.8. The van der Waals surface area contributed by atoms with Crippen molar-refractivity contribution < 1.29 is 24.2 Å². The van der Waals surface area contributed by atoms with Gasteiger partial charge in [-0.25, -0.2) is 9.79 Å². The lowest BCUT2D eigenvalue weighted by atomic mass is 9.99. The van der Waals surface area contributed by atoms with Crippen LogP contribution in [0.25, 0.3) is 0 Å². The van der Waals surface area contributed by atoms with E-state index >= 15 is 0 Å². The molecule has 0 spiro atoms. The number of aromatic carboxylic acids is 1. The topological polar surface area (TPSA) is 100 Å². The highest BCUT2D eigenvalue weighted by Crippen LogP contribution is 2.29. The van der Waals surface area contributed by atoms with E-state index in [4.69, 9.17) is 21.1 Å². The second kappa shape index (κ2) is 9.49. The van der Waals surface area contributed by atoms with Crippen molar-refractivity contribution in [1.82, 2.24) is 5.32 Å². The lowest BCUT2D eigenvalue weighted by Gasteiger charge is -2.39. The molecule has 2 aliphatic rings. The number of methoxy groups -OCH3 is 2. The van der Waals surface area contributed by atoms with Gasteiger partial charge in [-0.15, -0.1) is 0 Å². The minimum Gasteiger partial charge on any atom is -0.496 e. The predicted octanol–water partition coefficient (Wildman–Crippen LogP) is 2.81. The van der Waals surface area contributed by atoms with Gasteiger partial charge in [0.25, 0.3) is 5.91 Å². The van der Waals surface area contributed by atoms with Crippen molar-refractivity contribution in [2.75, 3.05) is 32.2 Å². The number of hydrogen-bond donors (Lipinski definition) is 2. The zero-order valence-electron chi connectivity index (χ0n) is 17.3. The van der Waals surface area contributed by atoms with Crippen LogP contribution in [0.15, 0.2) is 33.9 Å². The van der Waals surface area contributed by atoms with Crippen molar-refractivity contribution in [3.63, 3.8) is 0 Å². The van der Waals surface area contributed by atoms with E-state index in [1.165, 1.54) is 7.11 Å². The maximum Gasteiger partial charge on any atom is 0.339 e. The monoisotopic (exact) mass is 435 g/mol. The molecule has 0 saturated carbocycles. The van der Waals surface area contributed by atoms with Crippen molar-refractivity contribution in [3.05, 3.63) is 34.5 Å². The van der Waals surface area contributed by atoms with Gasteiger partial charge in [0, 0.05) is 32.3 Å². The van der Waals surface area contributed by atoms with Gasteiger partial charge in [0.15, 0.2) is 0 Å². The highest BCUT2D eigenvalue weighted by atomic mass is 35.5. The van der Waals surface area contributed by atoms with E-state index < -0.39 is 5.97 Å². The number of nitrogens with one attached hydrogen (secondary N) is 1. The Bertz CT molecular complexity index is 899. The number of hydrogen-bond acceptors (Lipinski definition) is 6. The number of benzene rings is 1. The molecule has 9 heteroatoms. The lowest BCUT2D eigenvalue weighted by molar-refractivity contribution is -0.116. The number of carboxylic acid groups (broad SMARTS) is 1. The number of anilines is 1. The van der Waals surface area contributed by atoms with E-state index in [0.29, 0.717) is 42.5 Å². The summed E-state index contributed by atoms with van der Waals surface area (Å²) in [6, 6.07) is 4.89. The van der Waals surface area contributed by atoms with Crippen LogP contribution in [-0.4, -0.2) is 62.1 Å². The third kappa shape index (κ3) is 4.60. The van der Waals surface area contributed by atoms with Gasteiger partial charge in [0.1, 0.15) is 22.2 Å². The Balaban J connectivity index is 1.67. The molecule has 1 aromatic carbocycles. The highest BCUT2D eigenvalue weighted by molar-refractivity contribution is 6.43. The molecular weight excluding hydrogens is 410 g/mol. The molecule has 30 heavy (non-hydrogen) atoms. The normalized spacial score (nSPS) is 21.5. The van der Waals surface area contributed by atoms with Gasteiger partial charge in [-0.05, 0) is 36.6 Å². The summed E-state index contributed by atoms with van der Waals surface area (Å²) in [6.45, 7) is 3.14. The third-order valence-electron chi connectivity index (χ3n) is 5.55. The van der Waals surface area contributed by atoms with E-state index in [0.717, 1.165) is 17.7 Å².